The Morgan fingerprint density at radius 3 is 2.24 bits per heavy atom. The molecule has 2 rings (SSSR count). The normalized spacial score (nSPS) is 10.2. The lowest BCUT2D eigenvalue weighted by Gasteiger charge is -2.08. The number of carbonyl (C=O) groups is 2. The minimum absolute atomic E-state index is 0.0193. The van der Waals surface area contributed by atoms with Gasteiger partial charge in [0.25, 0.3) is 5.91 Å². The molecule has 0 radical (unpaired) electrons. The predicted octanol–water partition coefficient (Wildman–Crippen LogP) is 3.57. The van der Waals surface area contributed by atoms with Gasteiger partial charge in [0, 0.05) is 5.56 Å². The largest absolute Gasteiger partial charge is 0.478 e. The third kappa shape index (κ3) is 3.35. The van der Waals surface area contributed by atoms with Crippen LogP contribution in [0.15, 0.2) is 36.4 Å². The molecule has 2 N–H and O–H groups in total. The number of benzene rings is 2. The number of anilines is 1. The SMILES string of the molecule is O=C(O)c1ccc(NC(=O)c2ccc(F)c(F)c2)c(Cl)c1. The van der Waals surface area contributed by atoms with Crippen LogP contribution in [0.1, 0.15) is 20.7 Å². The number of carboxylic acid groups (broad SMARTS) is 1. The molecule has 7 heteroatoms. The highest BCUT2D eigenvalue weighted by Gasteiger charge is 2.13. The Morgan fingerprint density at radius 2 is 1.67 bits per heavy atom. The molecule has 21 heavy (non-hydrogen) atoms. The number of amides is 1. The number of nitrogens with one attached hydrogen (secondary N) is 1. The molecule has 0 spiro atoms. The fourth-order valence-corrected chi connectivity index (χ4v) is 1.81. The van der Waals surface area contributed by atoms with E-state index in [9.17, 15) is 18.4 Å². The van der Waals surface area contributed by atoms with E-state index in [0.29, 0.717) is 0 Å². The average molecular weight is 312 g/mol. The molecule has 0 aromatic heterocycles. The first kappa shape index (κ1) is 14.9. The highest BCUT2D eigenvalue weighted by Crippen LogP contribution is 2.24. The molecular weight excluding hydrogens is 304 g/mol. The maximum absolute atomic E-state index is 13.1. The van der Waals surface area contributed by atoms with Gasteiger partial charge in [-0.1, -0.05) is 11.6 Å². The van der Waals surface area contributed by atoms with Gasteiger partial charge in [-0.15, -0.1) is 0 Å². The summed E-state index contributed by atoms with van der Waals surface area (Å²) in [5.41, 5.74) is 0.0366. The van der Waals surface area contributed by atoms with E-state index >= 15 is 0 Å². The number of carboxylic acids is 1. The van der Waals surface area contributed by atoms with Crippen LogP contribution in [0, 0.1) is 11.6 Å². The highest BCUT2D eigenvalue weighted by molar-refractivity contribution is 6.34. The van der Waals surface area contributed by atoms with E-state index in [1.807, 2.05) is 0 Å². The molecule has 0 aliphatic rings. The number of halogens is 3. The van der Waals surface area contributed by atoms with Crippen molar-refractivity contribution in [2.24, 2.45) is 0 Å². The quantitative estimate of drug-likeness (QED) is 0.910. The molecule has 1 amide bonds. The summed E-state index contributed by atoms with van der Waals surface area (Å²) in [6.45, 7) is 0. The molecule has 2 aromatic rings. The molecule has 0 unspecified atom stereocenters. The van der Waals surface area contributed by atoms with Crippen molar-refractivity contribution in [1.82, 2.24) is 0 Å². The van der Waals surface area contributed by atoms with Crippen molar-refractivity contribution in [2.45, 2.75) is 0 Å². The van der Waals surface area contributed by atoms with Gasteiger partial charge in [0.15, 0.2) is 11.6 Å². The Balaban J connectivity index is 2.23. The number of hydrogen-bond acceptors (Lipinski definition) is 2. The topological polar surface area (TPSA) is 66.4 Å². The molecule has 108 valence electrons. The van der Waals surface area contributed by atoms with Crippen LogP contribution in [-0.2, 0) is 0 Å². The summed E-state index contributed by atoms with van der Waals surface area (Å²) in [6, 6.07) is 6.44. The Kier molecular flexibility index (Phi) is 4.18. The molecule has 0 aliphatic carbocycles. The van der Waals surface area contributed by atoms with Crippen LogP contribution in [0.2, 0.25) is 5.02 Å². The summed E-state index contributed by atoms with van der Waals surface area (Å²) in [5, 5.41) is 11.2. The van der Waals surface area contributed by atoms with Gasteiger partial charge < -0.3 is 10.4 Å². The molecule has 0 fully saturated rings. The second kappa shape index (κ2) is 5.88. The zero-order valence-corrected chi connectivity index (χ0v) is 11.1. The first-order valence-corrected chi connectivity index (χ1v) is 6.05. The third-order valence-corrected chi connectivity index (χ3v) is 2.96. The zero-order valence-electron chi connectivity index (χ0n) is 10.4. The van der Waals surface area contributed by atoms with Gasteiger partial charge in [0.05, 0.1) is 16.3 Å². The van der Waals surface area contributed by atoms with E-state index in [2.05, 4.69) is 5.32 Å². The Labute approximate surface area is 123 Å². The zero-order chi connectivity index (χ0) is 15.6. The molecule has 2 aromatic carbocycles. The fraction of sp³-hybridized carbons (Fsp3) is 0. The summed E-state index contributed by atoms with van der Waals surface area (Å²) in [6.07, 6.45) is 0. The van der Waals surface area contributed by atoms with Gasteiger partial charge in [-0.2, -0.15) is 0 Å². The Bertz CT molecular complexity index is 734. The standard InChI is InChI=1S/C14H8ClF2NO3/c15-9-5-8(14(20)21)2-4-12(9)18-13(19)7-1-3-10(16)11(17)6-7/h1-6H,(H,18,19)(H,20,21). The summed E-state index contributed by atoms with van der Waals surface area (Å²) in [5.74, 6) is -4.06. The molecular formula is C14H8ClF2NO3. The number of aromatic carboxylic acids is 1. The van der Waals surface area contributed by atoms with Crippen molar-refractivity contribution in [2.75, 3.05) is 5.32 Å². The van der Waals surface area contributed by atoms with E-state index < -0.39 is 23.5 Å². The second-order valence-corrected chi connectivity index (χ2v) is 4.49. The minimum Gasteiger partial charge on any atom is -0.478 e. The van der Waals surface area contributed by atoms with Gasteiger partial charge in [-0.3, -0.25) is 4.79 Å². The number of carbonyl (C=O) groups excluding carboxylic acids is 1. The van der Waals surface area contributed by atoms with Gasteiger partial charge in [-0.05, 0) is 36.4 Å². The van der Waals surface area contributed by atoms with E-state index in [-0.39, 0.29) is 21.8 Å². The maximum atomic E-state index is 13.1. The van der Waals surface area contributed by atoms with E-state index in [1.54, 1.807) is 0 Å². The molecule has 0 bridgehead atoms. The molecule has 0 heterocycles. The monoisotopic (exact) mass is 311 g/mol. The van der Waals surface area contributed by atoms with E-state index in [0.717, 1.165) is 18.2 Å². The van der Waals surface area contributed by atoms with Crippen LogP contribution in [0.5, 0.6) is 0 Å². The number of rotatable bonds is 3. The molecule has 0 atom stereocenters. The third-order valence-electron chi connectivity index (χ3n) is 2.65. The average Bonchev–Trinajstić information content (AvgIpc) is 2.43. The Hall–Kier alpha value is -2.47. The first-order chi connectivity index (χ1) is 9.88. The summed E-state index contributed by atoms with van der Waals surface area (Å²) in [4.78, 5) is 22.6. The second-order valence-electron chi connectivity index (χ2n) is 4.08. The Morgan fingerprint density at radius 1 is 1.00 bits per heavy atom. The molecule has 0 saturated carbocycles. The summed E-state index contributed by atoms with van der Waals surface area (Å²) < 4.78 is 25.8. The van der Waals surface area contributed by atoms with Crippen LogP contribution in [-0.4, -0.2) is 17.0 Å². The van der Waals surface area contributed by atoms with Crippen molar-refractivity contribution in [3.05, 3.63) is 64.2 Å². The van der Waals surface area contributed by atoms with Crippen LogP contribution in [0.4, 0.5) is 14.5 Å². The van der Waals surface area contributed by atoms with Crippen molar-refractivity contribution < 1.29 is 23.5 Å². The van der Waals surface area contributed by atoms with Crippen molar-refractivity contribution >= 4 is 29.2 Å². The molecule has 0 aliphatic heterocycles. The van der Waals surface area contributed by atoms with Gasteiger partial charge >= 0.3 is 5.97 Å². The lowest BCUT2D eigenvalue weighted by molar-refractivity contribution is 0.0696. The van der Waals surface area contributed by atoms with Gasteiger partial charge in [0.1, 0.15) is 0 Å². The van der Waals surface area contributed by atoms with Crippen molar-refractivity contribution in [3.8, 4) is 0 Å². The van der Waals surface area contributed by atoms with Gasteiger partial charge in [-0.25, -0.2) is 13.6 Å². The van der Waals surface area contributed by atoms with Gasteiger partial charge in [0.2, 0.25) is 0 Å². The van der Waals surface area contributed by atoms with Crippen molar-refractivity contribution in [1.29, 1.82) is 0 Å². The van der Waals surface area contributed by atoms with Crippen molar-refractivity contribution in [3.63, 3.8) is 0 Å². The summed E-state index contributed by atoms with van der Waals surface area (Å²) >= 11 is 5.85. The van der Waals surface area contributed by atoms with E-state index in [4.69, 9.17) is 16.7 Å². The fourth-order valence-electron chi connectivity index (χ4n) is 1.58. The van der Waals surface area contributed by atoms with Crippen LogP contribution >= 0.6 is 11.6 Å². The lowest BCUT2D eigenvalue weighted by atomic mass is 10.1. The number of hydrogen-bond donors (Lipinski definition) is 2. The predicted molar refractivity (Wildman–Crippen MR) is 72.7 cm³/mol. The lowest BCUT2D eigenvalue weighted by Crippen LogP contribution is -2.13. The minimum atomic E-state index is -1.16. The molecule has 0 saturated heterocycles. The highest BCUT2D eigenvalue weighted by atomic mass is 35.5. The first-order valence-electron chi connectivity index (χ1n) is 5.67. The maximum Gasteiger partial charge on any atom is 0.335 e. The van der Waals surface area contributed by atoms with Crippen LogP contribution in [0.3, 0.4) is 0 Å². The van der Waals surface area contributed by atoms with Crippen LogP contribution in [0.25, 0.3) is 0 Å². The van der Waals surface area contributed by atoms with Crippen LogP contribution < -0.4 is 5.32 Å². The smallest absolute Gasteiger partial charge is 0.335 e. The van der Waals surface area contributed by atoms with E-state index in [1.165, 1.54) is 18.2 Å². The molecule has 4 nitrogen and oxygen atoms in total. The summed E-state index contributed by atoms with van der Waals surface area (Å²) in [7, 11) is 0.